The fourth-order valence-electron chi connectivity index (χ4n) is 1.55. The third-order valence-electron chi connectivity index (χ3n) is 2.53. The Balaban J connectivity index is 2.59. The van der Waals surface area contributed by atoms with Gasteiger partial charge in [-0.15, -0.1) is 0 Å². The molecule has 19 heavy (non-hydrogen) atoms. The molecular weight excluding hydrogens is 259 g/mol. The minimum absolute atomic E-state index is 0.205. The molecule has 0 unspecified atom stereocenters. The number of benzene rings is 1. The Labute approximate surface area is 109 Å². The van der Waals surface area contributed by atoms with E-state index in [-0.39, 0.29) is 6.54 Å². The number of carbonyl (C=O) groups is 1. The van der Waals surface area contributed by atoms with E-state index in [9.17, 15) is 18.0 Å². The van der Waals surface area contributed by atoms with Crippen molar-refractivity contribution in [1.82, 2.24) is 10.2 Å². The first kappa shape index (κ1) is 15.3. The Morgan fingerprint density at radius 3 is 2.42 bits per heavy atom. The number of hydrogen-bond acceptors (Lipinski definition) is 2. The van der Waals surface area contributed by atoms with Crippen LogP contribution in [0, 0.1) is 0 Å². The molecule has 0 aromatic heterocycles. The molecular formula is C12H16F3N3O. The van der Waals surface area contributed by atoms with Crippen molar-refractivity contribution in [3.05, 3.63) is 35.4 Å². The van der Waals surface area contributed by atoms with Gasteiger partial charge in [0.15, 0.2) is 0 Å². The van der Waals surface area contributed by atoms with E-state index >= 15 is 0 Å². The maximum Gasteiger partial charge on any atom is 0.405 e. The summed E-state index contributed by atoms with van der Waals surface area (Å²) in [5.41, 5.74) is 7.22. The van der Waals surface area contributed by atoms with Gasteiger partial charge in [-0.3, -0.25) is 0 Å². The van der Waals surface area contributed by atoms with Crippen molar-refractivity contribution in [2.24, 2.45) is 5.73 Å². The monoisotopic (exact) mass is 275 g/mol. The van der Waals surface area contributed by atoms with E-state index in [1.165, 1.54) is 11.9 Å². The van der Waals surface area contributed by atoms with Crippen LogP contribution in [0.15, 0.2) is 24.3 Å². The van der Waals surface area contributed by atoms with Gasteiger partial charge in [0.1, 0.15) is 6.54 Å². The molecule has 2 amide bonds. The van der Waals surface area contributed by atoms with E-state index in [4.69, 9.17) is 5.73 Å². The first-order chi connectivity index (χ1) is 8.83. The molecule has 7 heteroatoms. The van der Waals surface area contributed by atoms with Crippen LogP contribution in [0.2, 0.25) is 0 Å². The fraction of sp³-hybridized carbons (Fsp3) is 0.417. The Kier molecular flexibility index (Phi) is 5.17. The molecule has 0 heterocycles. The molecule has 3 N–H and O–H groups in total. The molecule has 0 saturated carbocycles. The first-order valence-electron chi connectivity index (χ1n) is 5.66. The van der Waals surface area contributed by atoms with Gasteiger partial charge in [-0.25, -0.2) is 4.79 Å². The molecule has 0 saturated heterocycles. The SMILES string of the molecule is CN(Cc1ccccc1CN)C(=O)NCC(F)(F)F. The normalized spacial score (nSPS) is 11.2. The van der Waals surface area contributed by atoms with Gasteiger partial charge < -0.3 is 16.0 Å². The topological polar surface area (TPSA) is 58.4 Å². The lowest BCUT2D eigenvalue weighted by Crippen LogP contribution is -2.41. The molecule has 0 aliphatic heterocycles. The lowest BCUT2D eigenvalue weighted by Gasteiger charge is -2.20. The lowest BCUT2D eigenvalue weighted by atomic mass is 10.1. The van der Waals surface area contributed by atoms with Gasteiger partial charge in [0.25, 0.3) is 0 Å². The van der Waals surface area contributed by atoms with Gasteiger partial charge in [0, 0.05) is 20.1 Å². The van der Waals surface area contributed by atoms with Crippen LogP contribution in [0.4, 0.5) is 18.0 Å². The highest BCUT2D eigenvalue weighted by atomic mass is 19.4. The van der Waals surface area contributed by atoms with Crippen molar-refractivity contribution in [2.45, 2.75) is 19.3 Å². The molecule has 1 aromatic rings. The van der Waals surface area contributed by atoms with E-state index in [1.807, 2.05) is 17.4 Å². The van der Waals surface area contributed by atoms with Gasteiger partial charge in [-0.1, -0.05) is 24.3 Å². The van der Waals surface area contributed by atoms with Crippen molar-refractivity contribution >= 4 is 6.03 Å². The van der Waals surface area contributed by atoms with Crippen LogP contribution in [0.3, 0.4) is 0 Å². The summed E-state index contributed by atoms with van der Waals surface area (Å²) in [5.74, 6) is 0. The van der Waals surface area contributed by atoms with Gasteiger partial charge in [-0.05, 0) is 11.1 Å². The number of urea groups is 1. The van der Waals surface area contributed by atoms with Crippen LogP contribution in [0.1, 0.15) is 11.1 Å². The smallest absolute Gasteiger partial charge is 0.329 e. The van der Waals surface area contributed by atoms with Gasteiger partial charge in [0.05, 0.1) is 0 Å². The van der Waals surface area contributed by atoms with Crippen LogP contribution in [0.5, 0.6) is 0 Å². The predicted molar refractivity (Wildman–Crippen MR) is 65.3 cm³/mol. The summed E-state index contributed by atoms with van der Waals surface area (Å²) in [6.45, 7) is -0.819. The number of hydrogen-bond donors (Lipinski definition) is 2. The molecule has 1 rings (SSSR count). The summed E-state index contributed by atoms with van der Waals surface area (Å²) in [6, 6.07) is 6.43. The van der Waals surface area contributed by atoms with Crippen molar-refractivity contribution in [3.8, 4) is 0 Å². The van der Waals surface area contributed by atoms with Crippen molar-refractivity contribution < 1.29 is 18.0 Å². The summed E-state index contributed by atoms with van der Waals surface area (Å²) < 4.78 is 35.9. The second kappa shape index (κ2) is 6.42. The van der Waals surface area contributed by atoms with Gasteiger partial charge in [-0.2, -0.15) is 13.2 Å². The summed E-state index contributed by atoms with van der Waals surface area (Å²) in [4.78, 5) is 12.7. The number of nitrogens with one attached hydrogen (secondary N) is 1. The average molecular weight is 275 g/mol. The lowest BCUT2D eigenvalue weighted by molar-refractivity contribution is -0.123. The van der Waals surface area contributed by atoms with Crippen molar-refractivity contribution in [3.63, 3.8) is 0 Å². The average Bonchev–Trinajstić information content (AvgIpc) is 2.35. The molecule has 106 valence electrons. The standard InChI is InChI=1S/C12H16F3N3O/c1-18(11(19)17-8-12(13,14)15)7-10-5-3-2-4-9(10)6-16/h2-5H,6-8,16H2,1H3,(H,17,19). The molecule has 0 aliphatic rings. The van der Waals surface area contributed by atoms with Crippen LogP contribution in [-0.4, -0.2) is 30.7 Å². The minimum atomic E-state index is -4.41. The largest absolute Gasteiger partial charge is 0.405 e. The Morgan fingerprint density at radius 2 is 1.89 bits per heavy atom. The molecule has 0 bridgehead atoms. The number of nitrogens with zero attached hydrogens (tertiary/aromatic N) is 1. The highest BCUT2D eigenvalue weighted by Crippen LogP contribution is 2.13. The molecule has 0 radical (unpaired) electrons. The number of alkyl halides is 3. The third kappa shape index (κ3) is 5.17. The van der Waals surface area contributed by atoms with E-state index in [0.717, 1.165) is 11.1 Å². The van der Waals surface area contributed by atoms with E-state index in [1.54, 1.807) is 12.1 Å². The zero-order valence-electron chi connectivity index (χ0n) is 10.5. The van der Waals surface area contributed by atoms with Crippen LogP contribution >= 0.6 is 0 Å². The third-order valence-corrected chi connectivity index (χ3v) is 2.53. The van der Waals surface area contributed by atoms with Crippen LogP contribution in [0.25, 0.3) is 0 Å². The van der Waals surface area contributed by atoms with E-state index in [2.05, 4.69) is 0 Å². The summed E-state index contributed by atoms with van der Waals surface area (Å²) in [6.07, 6.45) is -4.41. The highest BCUT2D eigenvalue weighted by molar-refractivity contribution is 5.73. The predicted octanol–water partition coefficient (Wildman–Crippen LogP) is 1.85. The molecule has 0 atom stereocenters. The van der Waals surface area contributed by atoms with Crippen molar-refractivity contribution in [2.75, 3.05) is 13.6 Å². The zero-order valence-corrected chi connectivity index (χ0v) is 10.5. The second-order valence-electron chi connectivity index (χ2n) is 4.10. The molecule has 0 fully saturated rings. The maximum atomic E-state index is 12.0. The molecule has 4 nitrogen and oxygen atoms in total. The summed E-state index contributed by atoms with van der Waals surface area (Å²) in [5, 5.41) is 1.81. The number of rotatable bonds is 4. The van der Waals surface area contributed by atoms with Crippen LogP contribution < -0.4 is 11.1 Å². The Morgan fingerprint density at radius 1 is 1.32 bits per heavy atom. The van der Waals surface area contributed by atoms with E-state index in [0.29, 0.717) is 6.54 Å². The molecule has 0 aliphatic carbocycles. The molecule has 0 spiro atoms. The van der Waals surface area contributed by atoms with E-state index < -0.39 is 18.8 Å². The van der Waals surface area contributed by atoms with Gasteiger partial charge >= 0.3 is 12.2 Å². The minimum Gasteiger partial charge on any atom is -0.329 e. The first-order valence-corrected chi connectivity index (χ1v) is 5.66. The zero-order chi connectivity index (χ0) is 14.5. The number of nitrogens with two attached hydrogens (primary N) is 1. The van der Waals surface area contributed by atoms with Crippen LogP contribution in [-0.2, 0) is 13.1 Å². The second-order valence-corrected chi connectivity index (χ2v) is 4.10. The highest BCUT2D eigenvalue weighted by Gasteiger charge is 2.28. The number of amides is 2. The maximum absolute atomic E-state index is 12.0. The fourth-order valence-corrected chi connectivity index (χ4v) is 1.55. The summed E-state index contributed by atoms with van der Waals surface area (Å²) >= 11 is 0. The van der Waals surface area contributed by atoms with Gasteiger partial charge in [0.2, 0.25) is 0 Å². The quantitative estimate of drug-likeness (QED) is 0.881. The number of carbonyl (C=O) groups excluding carboxylic acids is 1. The Bertz CT molecular complexity index is 434. The Hall–Kier alpha value is -1.76. The molecule has 1 aromatic carbocycles. The number of halogens is 3. The van der Waals surface area contributed by atoms with Crippen molar-refractivity contribution in [1.29, 1.82) is 0 Å². The summed E-state index contributed by atoms with van der Waals surface area (Å²) in [7, 11) is 1.43.